The molecule has 4 atom stereocenters. The number of amides is 2. The van der Waals surface area contributed by atoms with Gasteiger partial charge in [0.2, 0.25) is 11.7 Å². The molecule has 0 heterocycles. The van der Waals surface area contributed by atoms with Gasteiger partial charge in [0, 0.05) is 42.2 Å². The Morgan fingerprint density at radius 3 is 1.79 bits per heavy atom. The predicted octanol–water partition coefficient (Wildman–Crippen LogP) is 9.15. The summed E-state index contributed by atoms with van der Waals surface area (Å²) in [5.41, 5.74) is 1.73. The fourth-order valence-electron chi connectivity index (χ4n) is 6.39. The number of hydrogen-bond donors (Lipinski definition) is 2. The van der Waals surface area contributed by atoms with E-state index in [2.05, 4.69) is 10.6 Å². The predicted molar refractivity (Wildman–Crippen MR) is 208 cm³/mol. The third-order valence-electron chi connectivity index (χ3n) is 9.30. The Hall–Kier alpha value is -4.71. The van der Waals surface area contributed by atoms with Crippen molar-refractivity contribution in [3.63, 3.8) is 0 Å². The number of nitrogens with one attached hydrogen (secondary N) is 2. The van der Waals surface area contributed by atoms with Crippen molar-refractivity contribution < 1.29 is 46.6 Å². The molecule has 0 aliphatic rings. The van der Waals surface area contributed by atoms with Gasteiger partial charge in [0.05, 0.1) is 7.11 Å². The maximum absolute atomic E-state index is 14.4. The smallest absolute Gasteiger partial charge is 0.450 e. The summed E-state index contributed by atoms with van der Waals surface area (Å²) >= 11 is 6.12. The first-order chi connectivity index (χ1) is 26.1. The number of alkyl carbamates (subject to hydrolysis) is 1. The molecule has 0 bridgehead atoms. The van der Waals surface area contributed by atoms with Crippen molar-refractivity contribution in [3.05, 3.63) is 100 Å². The molecule has 0 unspecified atom stereocenters. The molecule has 0 aliphatic heterocycles. The zero-order valence-corrected chi connectivity index (χ0v) is 33.8. The lowest BCUT2D eigenvalue weighted by atomic mass is 9.80. The number of methoxy groups -OCH3 is 1. The van der Waals surface area contributed by atoms with Crippen LogP contribution >= 0.6 is 11.6 Å². The van der Waals surface area contributed by atoms with Gasteiger partial charge in [0.1, 0.15) is 23.2 Å². The summed E-state index contributed by atoms with van der Waals surface area (Å²) in [5.74, 6) is -7.56. The van der Waals surface area contributed by atoms with Gasteiger partial charge in [-0.15, -0.1) is 0 Å². The van der Waals surface area contributed by atoms with Crippen LogP contribution in [0.5, 0.6) is 5.75 Å². The number of ether oxygens (including phenoxy) is 2. The van der Waals surface area contributed by atoms with E-state index in [1.54, 1.807) is 81.4 Å². The lowest BCUT2D eigenvalue weighted by molar-refractivity contribution is -0.177. The number of carbonyl (C=O) groups is 5. The summed E-state index contributed by atoms with van der Waals surface area (Å²) in [6, 6.07) is 18.6. The van der Waals surface area contributed by atoms with Crippen LogP contribution in [0.4, 0.5) is 18.0 Å². The van der Waals surface area contributed by atoms with Crippen LogP contribution in [-0.2, 0) is 36.9 Å². The largest absolute Gasteiger partial charge is 0.497 e. The maximum atomic E-state index is 14.4. The summed E-state index contributed by atoms with van der Waals surface area (Å²) < 4.78 is 51.3. The first-order valence-electron chi connectivity index (χ1n) is 18.5. The van der Waals surface area contributed by atoms with Gasteiger partial charge in [-0.25, -0.2) is 4.79 Å². The van der Waals surface area contributed by atoms with Gasteiger partial charge < -0.3 is 20.1 Å². The Bertz CT molecular complexity index is 1800. The van der Waals surface area contributed by atoms with E-state index in [1.807, 2.05) is 13.8 Å². The Balaban J connectivity index is 1.99. The lowest BCUT2D eigenvalue weighted by Gasteiger charge is -2.27. The SMILES string of the molecule is COc1ccc([C@H](NC(=O)[C@@H](CC(=O)[C@H](c2ccc(Cl)cc2)C(C)C)Cc2ccc(CNC(=O)OC(C)(C)C)cc2)C(=O)C[C@H](C(=O)C(F)(F)F)C(C)C)cc1. The molecule has 3 rings (SSSR count). The first-order valence-corrected chi connectivity index (χ1v) is 18.9. The highest BCUT2D eigenvalue weighted by atomic mass is 35.5. The minimum atomic E-state index is -5.15. The summed E-state index contributed by atoms with van der Waals surface area (Å²) in [6.07, 6.45) is -6.68. The van der Waals surface area contributed by atoms with Crippen molar-refractivity contribution in [1.82, 2.24) is 10.6 Å². The molecule has 56 heavy (non-hydrogen) atoms. The minimum absolute atomic E-state index is 0.0630. The Morgan fingerprint density at radius 2 is 1.29 bits per heavy atom. The average Bonchev–Trinajstić information content (AvgIpc) is 3.11. The molecule has 0 saturated heterocycles. The van der Waals surface area contributed by atoms with E-state index in [0.29, 0.717) is 16.3 Å². The van der Waals surface area contributed by atoms with Gasteiger partial charge in [-0.2, -0.15) is 13.2 Å². The molecule has 0 aliphatic carbocycles. The van der Waals surface area contributed by atoms with Crippen LogP contribution in [0.2, 0.25) is 5.02 Å². The van der Waals surface area contributed by atoms with E-state index in [4.69, 9.17) is 21.1 Å². The van der Waals surface area contributed by atoms with Gasteiger partial charge in [-0.05, 0) is 85.5 Å². The van der Waals surface area contributed by atoms with E-state index < -0.39 is 71.5 Å². The zero-order valence-electron chi connectivity index (χ0n) is 33.1. The molecular weight excluding hydrogens is 749 g/mol. The molecule has 9 nitrogen and oxygen atoms in total. The number of ketones is 3. The van der Waals surface area contributed by atoms with Crippen LogP contribution < -0.4 is 15.4 Å². The van der Waals surface area contributed by atoms with Gasteiger partial charge in [-0.3, -0.25) is 19.2 Å². The number of hydrogen-bond acceptors (Lipinski definition) is 7. The molecule has 3 aromatic carbocycles. The number of rotatable bonds is 18. The topological polar surface area (TPSA) is 128 Å². The summed E-state index contributed by atoms with van der Waals surface area (Å²) in [6.45, 7) is 12.1. The number of alkyl halides is 3. The van der Waals surface area contributed by atoms with Crippen molar-refractivity contribution in [2.24, 2.45) is 23.7 Å². The van der Waals surface area contributed by atoms with Crippen molar-refractivity contribution in [2.45, 2.75) is 98.0 Å². The molecule has 3 aromatic rings. The molecule has 304 valence electrons. The fraction of sp³-hybridized carbons (Fsp3) is 0.465. The molecule has 0 saturated carbocycles. The van der Waals surface area contributed by atoms with Crippen molar-refractivity contribution in [3.8, 4) is 5.75 Å². The zero-order chi connectivity index (χ0) is 42.0. The second-order valence-electron chi connectivity index (χ2n) is 15.6. The van der Waals surface area contributed by atoms with Crippen LogP contribution in [0, 0.1) is 23.7 Å². The minimum Gasteiger partial charge on any atom is -0.497 e. The highest BCUT2D eigenvalue weighted by Gasteiger charge is 2.45. The van der Waals surface area contributed by atoms with Crippen molar-refractivity contribution in [1.29, 1.82) is 0 Å². The van der Waals surface area contributed by atoms with E-state index >= 15 is 0 Å². The molecular formula is C43H52ClF3N2O7. The first kappa shape index (κ1) is 45.7. The summed E-state index contributed by atoms with van der Waals surface area (Å²) in [4.78, 5) is 67.0. The summed E-state index contributed by atoms with van der Waals surface area (Å²) in [5, 5.41) is 5.93. The fourth-order valence-corrected chi connectivity index (χ4v) is 6.51. The quantitative estimate of drug-likeness (QED) is 0.131. The molecule has 2 N–H and O–H groups in total. The second-order valence-corrected chi connectivity index (χ2v) is 16.1. The summed E-state index contributed by atoms with van der Waals surface area (Å²) in [7, 11) is 1.44. The van der Waals surface area contributed by atoms with Gasteiger partial charge in [0.25, 0.3) is 0 Å². The molecule has 2 amide bonds. The van der Waals surface area contributed by atoms with Gasteiger partial charge in [0.15, 0.2) is 5.78 Å². The van der Waals surface area contributed by atoms with E-state index in [-0.39, 0.29) is 36.7 Å². The van der Waals surface area contributed by atoms with Crippen LogP contribution in [-0.4, -0.2) is 48.2 Å². The Labute approximate surface area is 332 Å². The normalized spacial score (nSPS) is 14.0. The van der Waals surface area contributed by atoms with E-state index in [0.717, 1.165) is 11.1 Å². The number of Topliss-reactive ketones (excluding diaryl/α,β-unsaturated/α-hetero) is 3. The molecule has 0 aromatic heterocycles. The van der Waals surface area contributed by atoms with Gasteiger partial charge in [-0.1, -0.05) is 87.8 Å². The number of benzene rings is 3. The van der Waals surface area contributed by atoms with E-state index in [1.165, 1.54) is 33.1 Å². The third kappa shape index (κ3) is 13.8. The highest BCUT2D eigenvalue weighted by Crippen LogP contribution is 2.33. The van der Waals surface area contributed by atoms with Crippen LogP contribution in [0.3, 0.4) is 0 Å². The second kappa shape index (κ2) is 19.9. The maximum Gasteiger partial charge on any atom is 0.450 e. The van der Waals surface area contributed by atoms with Crippen molar-refractivity contribution >= 4 is 41.0 Å². The van der Waals surface area contributed by atoms with Crippen molar-refractivity contribution in [2.75, 3.05) is 7.11 Å². The molecule has 13 heteroatoms. The number of halogens is 4. The Morgan fingerprint density at radius 1 is 0.732 bits per heavy atom. The third-order valence-corrected chi connectivity index (χ3v) is 9.55. The monoisotopic (exact) mass is 800 g/mol. The average molecular weight is 801 g/mol. The molecule has 0 radical (unpaired) electrons. The highest BCUT2D eigenvalue weighted by molar-refractivity contribution is 6.30. The van der Waals surface area contributed by atoms with E-state index in [9.17, 15) is 37.1 Å². The molecule has 0 fully saturated rings. The Kier molecular flexibility index (Phi) is 16.3. The molecule has 0 spiro atoms. The number of carbonyl (C=O) groups excluding carboxylic acids is 5. The van der Waals surface area contributed by atoms with Crippen LogP contribution in [0.25, 0.3) is 0 Å². The van der Waals surface area contributed by atoms with Gasteiger partial charge >= 0.3 is 12.3 Å². The van der Waals surface area contributed by atoms with Crippen LogP contribution in [0.15, 0.2) is 72.8 Å². The lowest BCUT2D eigenvalue weighted by Crippen LogP contribution is -2.42. The standard InChI is InChI=1S/C43H52ClF3N2O7/c1-25(2)34(39(52)43(45,46)47)23-36(51)38(30-15-19-33(55-8)20-16-30)49-40(53)31(22-35(50)37(26(3)4)29-13-17-32(44)18-14-29)21-27-9-11-28(12-10-27)24-48-41(54)56-42(5,6)7/h9-20,25-26,31,34,37-38H,21-24H2,1-8H3,(H,48,54)(H,49,53)/t31-,34+,37+,38+/m1/s1. The van der Waals surface area contributed by atoms with Crippen LogP contribution in [0.1, 0.15) is 95.5 Å².